The lowest BCUT2D eigenvalue weighted by atomic mass is 10.2. The maximum atomic E-state index is 10.8. The van der Waals surface area contributed by atoms with Crippen molar-refractivity contribution in [3.05, 3.63) is 64.7 Å². The highest BCUT2D eigenvalue weighted by Gasteiger charge is 2.23. The molecule has 0 radical (unpaired) electrons. The lowest BCUT2D eigenvalue weighted by Crippen LogP contribution is -2.53. The van der Waals surface area contributed by atoms with Crippen LogP contribution in [0.1, 0.15) is 11.1 Å². The van der Waals surface area contributed by atoms with E-state index in [0.29, 0.717) is 6.54 Å². The number of carbonyl (C=O) groups excluding carboxylic acids is 1. The Morgan fingerprint density at radius 2 is 1.64 bits per heavy atom. The standard InChI is InChI=1S/C21H26ClN3O3/c1-27-21-8-4-19(5-9-21)17-25(28-15-14-26)24-12-10-23(11-13-24)16-18-2-6-20(22)7-3-18/h2-9,14H,10-13,15-17H2,1H3. The van der Waals surface area contributed by atoms with Crippen molar-refractivity contribution in [2.75, 3.05) is 39.9 Å². The van der Waals surface area contributed by atoms with Gasteiger partial charge in [0.2, 0.25) is 0 Å². The second-order valence-corrected chi connectivity index (χ2v) is 7.11. The number of halogens is 1. The number of hydrogen-bond donors (Lipinski definition) is 0. The molecule has 2 aromatic rings. The Morgan fingerprint density at radius 1 is 1.00 bits per heavy atom. The predicted octanol–water partition coefficient (Wildman–Crippen LogP) is 3.01. The second kappa shape index (κ2) is 10.5. The lowest BCUT2D eigenvalue weighted by molar-refractivity contribution is -0.292. The minimum absolute atomic E-state index is 0.0428. The van der Waals surface area contributed by atoms with E-state index in [2.05, 4.69) is 22.0 Å². The van der Waals surface area contributed by atoms with Crippen LogP contribution in [-0.2, 0) is 22.7 Å². The normalized spacial score (nSPS) is 15.7. The number of rotatable bonds is 9. The van der Waals surface area contributed by atoms with Crippen molar-refractivity contribution in [2.45, 2.75) is 13.1 Å². The molecule has 7 heteroatoms. The second-order valence-electron chi connectivity index (χ2n) is 6.68. The van der Waals surface area contributed by atoms with E-state index >= 15 is 0 Å². The molecule has 0 atom stereocenters. The van der Waals surface area contributed by atoms with Gasteiger partial charge in [0.25, 0.3) is 0 Å². The Kier molecular flexibility index (Phi) is 7.82. The number of hydrogen-bond acceptors (Lipinski definition) is 6. The summed E-state index contributed by atoms with van der Waals surface area (Å²) in [6.07, 6.45) is 0.776. The molecular weight excluding hydrogens is 378 g/mol. The van der Waals surface area contributed by atoms with Crippen LogP contribution in [0.4, 0.5) is 0 Å². The van der Waals surface area contributed by atoms with Crippen molar-refractivity contribution in [2.24, 2.45) is 0 Å². The minimum Gasteiger partial charge on any atom is -0.497 e. The molecule has 0 amide bonds. The molecular formula is C21H26ClN3O3. The van der Waals surface area contributed by atoms with Crippen LogP contribution in [-0.4, -0.2) is 61.3 Å². The summed E-state index contributed by atoms with van der Waals surface area (Å²) in [5.74, 6) is 0.819. The highest BCUT2D eigenvalue weighted by molar-refractivity contribution is 6.30. The smallest absolute Gasteiger partial charge is 0.147 e. The van der Waals surface area contributed by atoms with Crippen LogP contribution < -0.4 is 4.74 Å². The van der Waals surface area contributed by atoms with E-state index < -0.39 is 0 Å². The van der Waals surface area contributed by atoms with Crippen LogP contribution in [0.5, 0.6) is 5.75 Å². The fraction of sp³-hybridized carbons (Fsp3) is 0.381. The highest BCUT2D eigenvalue weighted by atomic mass is 35.5. The third-order valence-corrected chi connectivity index (χ3v) is 5.00. The Labute approximate surface area is 171 Å². The van der Waals surface area contributed by atoms with E-state index in [1.807, 2.05) is 36.4 Å². The van der Waals surface area contributed by atoms with Gasteiger partial charge in [-0.2, -0.15) is 0 Å². The zero-order chi connectivity index (χ0) is 19.8. The van der Waals surface area contributed by atoms with Gasteiger partial charge in [-0.05, 0) is 35.4 Å². The molecule has 1 heterocycles. The first-order valence-electron chi connectivity index (χ1n) is 9.36. The average molecular weight is 404 g/mol. The summed E-state index contributed by atoms with van der Waals surface area (Å²) in [7, 11) is 1.65. The van der Waals surface area contributed by atoms with E-state index in [4.69, 9.17) is 21.2 Å². The number of benzene rings is 2. The van der Waals surface area contributed by atoms with E-state index in [-0.39, 0.29) is 6.61 Å². The van der Waals surface area contributed by atoms with Crippen LogP contribution in [0.25, 0.3) is 0 Å². The molecule has 1 fully saturated rings. The molecule has 0 aliphatic carbocycles. The molecule has 3 rings (SSSR count). The van der Waals surface area contributed by atoms with Crippen LogP contribution in [0.3, 0.4) is 0 Å². The van der Waals surface area contributed by atoms with Crippen molar-refractivity contribution in [3.8, 4) is 5.75 Å². The molecule has 0 spiro atoms. The van der Waals surface area contributed by atoms with Crippen molar-refractivity contribution in [1.29, 1.82) is 0 Å². The number of nitrogens with zero attached hydrogens (tertiary/aromatic N) is 3. The first kappa shape index (κ1) is 20.8. The van der Waals surface area contributed by atoms with E-state index in [1.54, 1.807) is 12.3 Å². The van der Waals surface area contributed by atoms with Crippen LogP contribution in [0.2, 0.25) is 5.02 Å². The Morgan fingerprint density at radius 3 is 2.25 bits per heavy atom. The van der Waals surface area contributed by atoms with Gasteiger partial charge in [-0.25, -0.2) is 5.01 Å². The van der Waals surface area contributed by atoms with Gasteiger partial charge in [-0.1, -0.05) is 35.9 Å². The summed E-state index contributed by atoms with van der Waals surface area (Å²) in [4.78, 5) is 18.9. The average Bonchev–Trinajstić information content (AvgIpc) is 2.74. The van der Waals surface area contributed by atoms with Gasteiger partial charge < -0.3 is 9.53 Å². The number of hydrazine groups is 1. The zero-order valence-electron chi connectivity index (χ0n) is 16.1. The largest absolute Gasteiger partial charge is 0.497 e. The molecule has 0 bridgehead atoms. The van der Waals surface area contributed by atoms with Crippen LogP contribution >= 0.6 is 11.6 Å². The quantitative estimate of drug-likeness (QED) is 0.473. The Hall–Kier alpha value is -1.96. The molecule has 6 nitrogen and oxygen atoms in total. The van der Waals surface area contributed by atoms with Crippen LogP contribution in [0, 0.1) is 0 Å². The summed E-state index contributed by atoms with van der Waals surface area (Å²) in [5, 5.41) is 4.72. The molecule has 1 aliphatic heterocycles. The van der Waals surface area contributed by atoms with Gasteiger partial charge in [0.1, 0.15) is 18.6 Å². The van der Waals surface area contributed by atoms with Gasteiger partial charge in [-0.3, -0.25) is 9.74 Å². The predicted molar refractivity (Wildman–Crippen MR) is 109 cm³/mol. The van der Waals surface area contributed by atoms with Gasteiger partial charge >= 0.3 is 0 Å². The van der Waals surface area contributed by atoms with Crippen molar-refractivity contribution >= 4 is 17.9 Å². The van der Waals surface area contributed by atoms with Gasteiger partial charge in [-0.15, -0.1) is 5.17 Å². The first-order chi connectivity index (χ1) is 13.7. The molecule has 0 N–H and O–H groups in total. The Bertz CT molecular complexity index is 732. The van der Waals surface area contributed by atoms with Crippen molar-refractivity contribution in [1.82, 2.24) is 15.1 Å². The van der Waals surface area contributed by atoms with Crippen LogP contribution in [0.15, 0.2) is 48.5 Å². The fourth-order valence-electron chi connectivity index (χ4n) is 3.20. The monoisotopic (exact) mass is 403 g/mol. The molecule has 28 heavy (non-hydrogen) atoms. The zero-order valence-corrected chi connectivity index (χ0v) is 16.8. The molecule has 150 valence electrons. The number of aldehydes is 1. The van der Waals surface area contributed by atoms with Gasteiger partial charge in [0.15, 0.2) is 0 Å². The number of piperazine rings is 1. The van der Waals surface area contributed by atoms with E-state index in [0.717, 1.165) is 55.3 Å². The highest BCUT2D eigenvalue weighted by Crippen LogP contribution is 2.17. The third-order valence-electron chi connectivity index (χ3n) is 4.75. The topological polar surface area (TPSA) is 45.3 Å². The van der Waals surface area contributed by atoms with Crippen molar-refractivity contribution < 1.29 is 14.4 Å². The summed E-state index contributed by atoms with van der Waals surface area (Å²) >= 11 is 5.96. The van der Waals surface area contributed by atoms with Crippen molar-refractivity contribution in [3.63, 3.8) is 0 Å². The summed E-state index contributed by atoms with van der Waals surface area (Å²) in [6.45, 7) is 5.04. The minimum atomic E-state index is 0.0428. The third kappa shape index (κ3) is 6.02. The first-order valence-corrected chi connectivity index (χ1v) is 9.74. The number of methoxy groups -OCH3 is 1. The number of hydroxylamine groups is 1. The fourth-order valence-corrected chi connectivity index (χ4v) is 3.32. The SMILES string of the molecule is COc1ccc(CN(OCC=O)N2CCN(Cc3ccc(Cl)cc3)CC2)cc1. The number of ether oxygens (including phenoxy) is 1. The summed E-state index contributed by atoms with van der Waals surface area (Å²) < 4.78 is 5.21. The lowest BCUT2D eigenvalue weighted by Gasteiger charge is -2.40. The molecule has 1 aliphatic rings. The van der Waals surface area contributed by atoms with E-state index in [1.165, 1.54) is 5.56 Å². The van der Waals surface area contributed by atoms with Gasteiger partial charge in [0, 0.05) is 37.7 Å². The van der Waals surface area contributed by atoms with E-state index in [9.17, 15) is 4.79 Å². The van der Waals surface area contributed by atoms with Gasteiger partial charge in [0.05, 0.1) is 13.7 Å². The molecule has 1 saturated heterocycles. The maximum Gasteiger partial charge on any atom is 0.147 e. The maximum absolute atomic E-state index is 10.8. The molecule has 0 saturated carbocycles. The molecule has 0 aromatic heterocycles. The Balaban J connectivity index is 1.55. The molecule has 2 aromatic carbocycles. The summed E-state index contributed by atoms with van der Waals surface area (Å²) in [5.41, 5.74) is 2.35. The molecule has 0 unspecified atom stereocenters. The summed E-state index contributed by atoms with van der Waals surface area (Å²) in [6, 6.07) is 15.9. The number of carbonyl (C=O) groups is 1.